The Labute approximate surface area is 224 Å². The van der Waals surface area contributed by atoms with E-state index in [1.807, 2.05) is 0 Å². The van der Waals surface area contributed by atoms with E-state index in [0.717, 1.165) is 37.7 Å². The van der Waals surface area contributed by atoms with Crippen molar-refractivity contribution in [1.82, 2.24) is 0 Å². The minimum Gasteiger partial charge on any atom is -0.206 e. The lowest BCUT2D eigenvalue weighted by atomic mass is 9.76. The van der Waals surface area contributed by atoms with Crippen molar-refractivity contribution in [1.29, 1.82) is 0 Å². The van der Waals surface area contributed by atoms with Crippen LogP contribution in [0.25, 0.3) is 11.1 Å². The minimum atomic E-state index is -4.86. The van der Waals surface area contributed by atoms with Crippen LogP contribution in [0.5, 0.6) is 0 Å². The lowest BCUT2D eigenvalue weighted by molar-refractivity contribution is -0.139. The van der Waals surface area contributed by atoms with Crippen LogP contribution in [0.3, 0.4) is 0 Å². The third-order valence-corrected chi connectivity index (χ3v) is 11.9. The highest BCUT2D eigenvalue weighted by atomic mass is 28.3. The normalized spacial score (nSPS) is 21.7. The SMILES string of the molecule is CCCCC[Si]1CCC(CCC2CCC(c3cc(F)c(-c4ccc(C(F)(F)F)c(F)c4)c(F)c3)CC2)CC1. The van der Waals surface area contributed by atoms with Crippen LogP contribution in [-0.4, -0.2) is 8.80 Å². The average Bonchev–Trinajstić information content (AvgIpc) is 2.87. The first-order valence-corrected chi connectivity index (χ1v) is 16.5. The van der Waals surface area contributed by atoms with E-state index in [1.54, 1.807) is 0 Å². The number of halogens is 6. The summed E-state index contributed by atoms with van der Waals surface area (Å²) in [7, 11) is -0.0953. The second kappa shape index (κ2) is 13.1. The molecule has 2 aliphatic rings. The molecule has 0 amide bonds. The van der Waals surface area contributed by atoms with Gasteiger partial charge in [-0.1, -0.05) is 76.1 Å². The van der Waals surface area contributed by atoms with Crippen molar-refractivity contribution < 1.29 is 26.3 Å². The Kier molecular flexibility index (Phi) is 10.0. The molecule has 0 N–H and O–H groups in total. The van der Waals surface area contributed by atoms with Gasteiger partial charge < -0.3 is 0 Å². The predicted octanol–water partition coefficient (Wildman–Crippen LogP) is 10.9. The molecule has 0 bridgehead atoms. The standard InChI is InChI=1S/C31H39F6Si/c1-2-3-4-15-38-16-13-22(14-17-38)6-5-21-7-9-23(10-8-21)25-19-28(33)30(29(34)20-25)24-11-12-26(27(32)18-24)31(35,36)37/h11-12,18-23H,2-10,13-17H2,1H3. The molecule has 4 rings (SSSR count). The molecule has 0 aromatic heterocycles. The van der Waals surface area contributed by atoms with Crippen molar-refractivity contribution in [3.63, 3.8) is 0 Å². The molecule has 1 radical (unpaired) electrons. The van der Waals surface area contributed by atoms with Crippen LogP contribution in [0.2, 0.25) is 18.1 Å². The van der Waals surface area contributed by atoms with Crippen molar-refractivity contribution in [2.45, 2.75) is 108 Å². The molecule has 1 aliphatic carbocycles. The summed E-state index contributed by atoms with van der Waals surface area (Å²) >= 11 is 0. The van der Waals surface area contributed by atoms with E-state index < -0.39 is 34.8 Å². The summed E-state index contributed by atoms with van der Waals surface area (Å²) in [5.74, 6) is -1.66. The van der Waals surface area contributed by atoms with Gasteiger partial charge >= 0.3 is 6.18 Å². The third-order valence-electron chi connectivity index (χ3n) is 8.88. The predicted molar refractivity (Wildman–Crippen MR) is 143 cm³/mol. The zero-order valence-electron chi connectivity index (χ0n) is 22.3. The molecule has 1 saturated heterocycles. The summed E-state index contributed by atoms with van der Waals surface area (Å²) in [6.45, 7) is 2.27. The molecule has 0 atom stereocenters. The number of hydrogen-bond acceptors (Lipinski definition) is 0. The lowest BCUT2D eigenvalue weighted by Gasteiger charge is -2.32. The molecule has 7 heteroatoms. The van der Waals surface area contributed by atoms with Gasteiger partial charge in [0.05, 0.1) is 11.1 Å². The molecular formula is C31H39F6Si. The van der Waals surface area contributed by atoms with Gasteiger partial charge in [0.25, 0.3) is 0 Å². The lowest BCUT2D eigenvalue weighted by Crippen LogP contribution is -2.22. The molecular weight excluding hydrogens is 514 g/mol. The highest BCUT2D eigenvalue weighted by molar-refractivity contribution is 6.58. The fourth-order valence-corrected chi connectivity index (χ4v) is 9.64. The summed E-state index contributed by atoms with van der Waals surface area (Å²) in [6, 6.07) is 9.02. The van der Waals surface area contributed by atoms with Crippen molar-refractivity contribution in [3.8, 4) is 11.1 Å². The maximum absolute atomic E-state index is 15.0. The van der Waals surface area contributed by atoms with Crippen molar-refractivity contribution >= 4 is 8.80 Å². The number of unbranched alkanes of at least 4 members (excludes halogenated alkanes) is 2. The van der Waals surface area contributed by atoms with E-state index in [-0.39, 0.29) is 20.3 Å². The van der Waals surface area contributed by atoms with Gasteiger partial charge in [0.2, 0.25) is 0 Å². The molecule has 2 aromatic rings. The van der Waals surface area contributed by atoms with Crippen molar-refractivity contribution in [2.24, 2.45) is 11.8 Å². The van der Waals surface area contributed by atoms with Crippen LogP contribution < -0.4 is 0 Å². The van der Waals surface area contributed by atoms with Gasteiger partial charge in [-0.25, -0.2) is 13.2 Å². The number of rotatable bonds is 9. The van der Waals surface area contributed by atoms with Crippen LogP contribution in [0.1, 0.15) is 94.6 Å². The molecule has 1 heterocycles. The van der Waals surface area contributed by atoms with Crippen LogP contribution >= 0.6 is 0 Å². The summed E-state index contributed by atoms with van der Waals surface area (Å²) in [5.41, 5.74) is -1.60. The summed E-state index contributed by atoms with van der Waals surface area (Å²) in [6.07, 6.45) is 8.48. The number of alkyl halides is 3. The molecule has 2 fully saturated rings. The number of hydrogen-bond donors (Lipinski definition) is 0. The first kappa shape index (κ1) is 29.2. The van der Waals surface area contributed by atoms with Gasteiger partial charge in [0, 0.05) is 8.80 Å². The van der Waals surface area contributed by atoms with Crippen molar-refractivity contribution in [2.75, 3.05) is 0 Å². The van der Waals surface area contributed by atoms with Crippen LogP contribution in [-0.2, 0) is 6.18 Å². The molecule has 0 unspecified atom stereocenters. The topological polar surface area (TPSA) is 0 Å². The fourth-order valence-electron chi connectivity index (χ4n) is 6.51. The molecule has 38 heavy (non-hydrogen) atoms. The van der Waals surface area contributed by atoms with E-state index >= 15 is 0 Å². The van der Waals surface area contributed by atoms with Crippen LogP contribution in [0.4, 0.5) is 26.3 Å². The second-order valence-electron chi connectivity index (χ2n) is 11.5. The fraction of sp³-hybridized carbons (Fsp3) is 0.613. The highest BCUT2D eigenvalue weighted by Crippen LogP contribution is 2.41. The maximum Gasteiger partial charge on any atom is 0.419 e. The molecule has 1 saturated carbocycles. The highest BCUT2D eigenvalue weighted by Gasteiger charge is 2.34. The number of benzene rings is 2. The first-order chi connectivity index (χ1) is 18.2. The second-order valence-corrected chi connectivity index (χ2v) is 14.5. The Morgan fingerprint density at radius 3 is 1.92 bits per heavy atom. The minimum absolute atomic E-state index is 0.0663. The average molecular weight is 554 g/mol. The zero-order chi connectivity index (χ0) is 27.3. The third kappa shape index (κ3) is 7.45. The largest absolute Gasteiger partial charge is 0.419 e. The Balaban J connectivity index is 1.28. The molecule has 1 aliphatic heterocycles. The summed E-state index contributed by atoms with van der Waals surface area (Å²) < 4.78 is 82.4. The van der Waals surface area contributed by atoms with Gasteiger partial charge in [-0.05, 0) is 78.8 Å². The Morgan fingerprint density at radius 2 is 1.37 bits per heavy atom. The van der Waals surface area contributed by atoms with E-state index in [4.69, 9.17) is 0 Å². The maximum atomic E-state index is 15.0. The molecule has 0 spiro atoms. The van der Waals surface area contributed by atoms with Crippen molar-refractivity contribution in [3.05, 3.63) is 58.9 Å². The van der Waals surface area contributed by atoms with Crippen LogP contribution in [0, 0.1) is 29.3 Å². The quantitative estimate of drug-likeness (QED) is 0.165. The Morgan fingerprint density at radius 1 is 0.763 bits per heavy atom. The Hall–Kier alpha value is -1.76. The van der Waals surface area contributed by atoms with Crippen LogP contribution in [0.15, 0.2) is 30.3 Å². The van der Waals surface area contributed by atoms with E-state index in [1.165, 1.54) is 75.2 Å². The Bertz CT molecular complexity index is 1030. The zero-order valence-corrected chi connectivity index (χ0v) is 23.3. The van der Waals surface area contributed by atoms with E-state index in [9.17, 15) is 26.3 Å². The van der Waals surface area contributed by atoms with Gasteiger partial charge in [0.1, 0.15) is 17.5 Å². The monoisotopic (exact) mass is 553 g/mol. The summed E-state index contributed by atoms with van der Waals surface area (Å²) in [5, 5.41) is 0. The van der Waals surface area contributed by atoms with Gasteiger partial charge in [-0.3, -0.25) is 0 Å². The van der Waals surface area contributed by atoms with E-state index in [0.29, 0.717) is 23.6 Å². The van der Waals surface area contributed by atoms with Gasteiger partial charge in [-0.15, -0.1) is 0 Å². The summed E-state index contributed by atoms with van der Waals surface area (Å²) in [4.78, 5) is 0. The van der Waals surface area contributed by atoms with E-state index in [2.05, 4.69) is 6.92 Å². The molecule has 209 valence electrons. The molecule has 2 aromatic carbocycles. The molecule has 0 nitrogen and oxygen atoms in total. The van der Waals surface area contributed by atoms with Gasteiger partial charge in [0.15, 0.2) is 0 Å². The first-order valence-electron chi connectivity index (χ1n) is 14.3. The smallest absolute Gasteiger partial charge is 0.206 e. The van der Waals surface area contributed by atoms with Gasteiger partial charge in [-0.2, -0.15) is 13.2 Å².